The lowest BCUT2D eigenvalue weighted by atomic mass is 10.1. The second-order valence-corrected chi connectivity index (χ2v) is 5.86. The van der Waals surface area contributed by atoms with E-state index in [2.05, 4.69) is 16.4 Å². The number of likely N-dealkylation sites (tertiary alicyclic amines) is 1. The van der Waals surface area contributed by atoms with E-state index in [0.29, 0.717) is 19.4 Å². The average molecular weight is 283 g/mol. The van der Waals surface area contributed by atoms with Crippen molar-refractivity contribution in [3.8, 4) is 0 Å². The van der Waals surface area contributed by atoms with Crippen molar-refractivity contribution in [3.05, 3.63) is 36.0 Å². The molecule has 21 heavy (non-hydrogen) atoms. The summed E-state index contributed by atoms with van der Waals surface area (Å²) in [5.74, 6) is 0.0920. The molecule has 2 N–H and O–H groups in total. The van der Waals surface area contributed by atoms with Gasteiger partial charge in [-0.1, -0.05) is 18.2 Å². The summed E-state index contributed by atoms with van der Waals surface area (Å²) in [4.78, 5) is 29.0. The number of aryl methyl sites for hydroxylation is 1. The maximum absolute atomic E-state index is 12.3. The molecule has 0 radical (unpaired) electrons. The Labute approximate surface area is 122 Å². The molecule has 0 aliphatic carbocycles. The summed E-state index contributed by atoms with van der Waals surface area (Å²) < 4.78 is 0. The quantitative estimate of drug-likeness (QED) is 0.889. The fraction of sp³-hybridized carbons (Fsp3) is 0.375. The maximum atomic E-state index is 12.3. The summed E-state index contributed by atoms with van der Waals surface area (Å²) in [6.45, 7) is 0.670. The molecule has 2 bridgehead atoms. The van der Waals surface area contributed by atoms with Crippen molar-refractivity contribution in [1.82, 2.24) is 15.2 Å². The molecule has 1 aromatic heterocycles. The summed E-state index contributed by atoms with van der Waals surface area (Å²) >= 11 is 0. The van der Waals surface area contributed by atoms with Crippen LogP contribution in [0.15, 0.2) is 30.5 Å². The second-order valence-electron chi connectivity index (χ2n) is 5.86. The van der Waals surface area contributed by atoms with E-state index in [9.17, 15) is 9.59 Å². The summed E-state index contributed by atoms with van der Waals surface area (Å²) in [7, 11) is 0. The molecule has 108 valence electrons. The zero-order valence-electron chi connectivity index (χ0n) is 11.6. The number of nitrogens with one attached hydrogen (secondary N) is 2. The Hall–Kier alpha value is -2.30. The van der Waals surface area contributed by atoms with Gasteiger partial charge in [-0.15, -0.1) is 0 Å². The molecule has 5 nitrogen and oxygen atoms in total. The number of piperazine rings is 1. The van der Waals surface area contributed by atoms with Gasteiger partial charge in [-0.3, -0.25) is 9.59 Å². The van der Waals surface area contributed by atoms with Gasteiger partial charge < -0.3 is 15.2 Å². The lowest BCUT2D eigenvalue weighted by Crippen LogP contribution is -2.50. The summed E-state index contributed by atoms with van der Waals surface area (Å²) in [5, 5.41) is 4.07. The molecule has 2 aliphatic rings. The van der Waals surface area contributed by atoms with E-state index in [1.54, 1.807) is 4.90 Å². The van der Waals surface area contributed by atoms with Gasteiger partial charge in [0.25, 0.3) is 0 Å². The van der Waals surface area contributed by atoms with Crippen LogP contribution < -0.4 is 5.32 Å². The molecule has 2 saturated heterocycles. The molecule has 2 amide bonds. The number of carbonyl (C=O) groups excluding carboxylic acids is 2. The molecule has 2 fully saturated rings. The van der Waals surface area contributed by atoms with Gasteiger partial charge in [0.15, 0.2) is 0 Å². The monoisotopic (exact) mass is 283 g/mol. The molecule has 3 heterocycles. The van der Waals surface area contributed by atoms with E-state index in [1.807, 2.05) is 24.4 Å². The molecule has 0 saturated carbocycles. The highest BCUT2D eigenvalue weighted by Gasteiger charge is 2.45. The molecular formula is C16H17N3O2. The van der Waals surface area contributed by atoms with E-state index in [1.165, 1.54) is 5.39 Å². The lowest BCUT2D eigenvalue weighted by Gasteiger charge is -2.26. The highest BCUT2D eigenvalue weighted by Crippen LogP contribution is 2.26. The fourth-order valence-corrected chi connectivity index (χ4v) is 3.49. The third kappa shape index (κ3) is 2.00. The Morgan fingerprint density at radius 2 is 2.19 bits per heavy atom. The van der Waals surface area contributed by atoms with E-state index in [4.69, 9.17) is 0 Å². The predicted octanol–water partition coefficient (Wildman–Crippen LogP) is 1.20. The van der Waals surface area contributed by atoms with Crippen LogP contribution in [0.3, 0.4) is 0 Å². The highest BCUT2D eigenvalue weighted by atomic mass is 16.2. The number of aromatic amines is 1. The number of amides is 2. The minimum absolute atomic E-state index is 0.00620. The topological polar surface area (TPSA) is 65.2 Å². The number of aromatic nitrogens is 1. The first-order valence-electron chi connectivity index (χ1n) is 7.37. The number of carbonyl (C=O) groups is 2. The van der Waals surface area contributed by atoms with Crippen LogP contribution in [0.4, 0.5) is 0 Å². The second kappa shape index (κ2) is 4.62. The van der Waals surface area contributed by atoms with Gasteiger partial charge in [0.05, 0.1) is 0 Å². The first kappa shape index (κ1) is 12.4. The number of hydrogen-bond donors (Lipinski definition) is 2. The number of rotatable bonds is 3. The summed E-state index contributed by atoms with van der Waals surface area (Å²) in [6.07, 6.45) is 3.91. The minimum atomic E-state index is -0.231. The van der Waals surface area contributed by atoms with Crippen molar-refractivity contribution in [2.24, 2.45) is 0 Å². The van der Waals surface area contributed by atoms with Crippen LogP contribution in [-0.2, 0) is 16.0 Å². The normalized spacial score (nSPS) is 23.8. The molecular weight excluding hydrogens is 266 g/mol. The SMILES string of the molecule is O=C1N[C@H]2C[C@@H]1N(C(=O)CCc1c[nH]c3ccccc13)C2. The Balaban J connectivity index is 1.45. The Bertz CT molecular complexity index is 721. The van der Waals surface area contributed by atoms with Gasteiger partial charge in [0.1, 0.15) is 6.04 Å². The number of benzene rings is 1. The van der Waals surface area contributed by atoms with Crippen molar-refractivity contribution in [1.29, 1.82) is 0 Å². The summed E-state index contributed by atoms with van der Waals surface area (Å²) in [6, 6.07) is 8.03. The molecule has 2 atom stereocenters. The van der Waals surface area contributed by atoms with Gasteiger partial charge >= 0.3 is 0 Å². The van der Waals surface area contributed by atoms with Crippen LogP contribution in [0.5, 0.6) is 0 Å². The number of H-pyrrole nitrogens is 1. The van der Waals surface area contributed by atoms with Crippen LogP contribution >= 0.6 is 0 Å². The Morgan fingerprint density at radius 1 is 1.33 bits per heavy atom. The molecule has 1 aromatic carbocycles. The number of para-hydroxylation sites is 1. The van der Waals surface area contributed by atoms with Crippen molar-refractivity contribution in [3.63, 3.8) is 0 Å². The number of fused-ring (bicyclic) bond motifs is 3. The lowest BCUT2D eigenvalue weighted by molar-refractivity contribution is -0.139. The van der Waals surface area contributed by atoms with E-state index >= 15 is 0 Å². The van der Waals surface area contributed by atoms with Gasteiger partial charge in [-0.25, -0.2) is 0 Å². The zero-order chi connectivity index (χ0) is 14.4. The van der Waals surface area contributed by atoms with E-state index in [0.717, 1.165) is 17.5 Å². The van der Waals surface area contributed by atoms with Crippen molar-refractivity contribution < 1.29 is 9.59 Å². The van der Waals surface area contributed by atoms with Crippen LogP contribution in [0.25, 0.3) is 10.9 Å². The molecule has 0 unspecified atom stereocenters. The first-order chi connectivity index (χ1) is 10.2. The Kier molecular flexibility index (Phi) is 2.74. The highest BCUT2D eigenvalue weighted by molar-refractivity contribution is 5.91. The van der Waals surface area contributed by atoms with Crippen LogP contribution in [0.2, 0.25) is 0 Å². The Morgan fingerprint density at radius 3 is 3.00 bits per heavy atom. The smallest absolute Gasteiger partial charge is 0.243 e. The van der Waals surface area contributed by atoms with Crippen molar-refractivity contribution in [2.45, 2.75) is 31.3 Å². The van der Waals surface area contributed by atoms with Crippen molar-refractivity contribution >= 4 is 22.7 Å². The fourth-order valence-electron chi connectivity index (χ4n) is 3.49. The summed E-state index contributed by atoms with van der Waals surface area (Å²) in [5.41, 5.74) is 2.26. The third-order valence-corrected chi connectivity index (χ3v) is 4.55. The molecule has 2 aliphatic heterocycles. The molecule has 0 spiro atoms. The van der Waals surface area contributed by atoms with Gasteiger partial charge in [0.2, 0.25) is 11.8 Å². The zero-order valence-corrected chi connectivity index (χ0v) is 11.6. The van der Waals surface area contributed by atoms with Crippen molar-refractivity contribution in [2.75, 3.05) is 6.54 Å². The van der Waals surface area contributed by atoms with Gasteiger partial charge in [-0.2, -0.15) is 0 Å². The van der Waals surface area contributed by atoms with Crippen LogP contribution in [0.1, 0.15) is 18.4 Å². The van der Waals surface area contributed by atoms with E-state index in [-0.39, 0.29) is 23.9 Å². The average Bonchev–Trinajstić information content (AvgIpc) is 3.17. The van der Waals surface area contributed by atoms with Crippen LogP contribution in [-0.4, -0.2) is 40.3 Å². The largest absolute Gasteiger partial charge is 0.361 e. The predicted molar refractivity (Wildman–Crippen MR) is 78.7 cm³/mol. The van der Waals surface area contributed by atoms with E-state index < -0.39 is 0 Å². The standard InChI is InChI=1S/C16H17N3O2/c20-15(19-9-11-7-14(19)16(21)18-11)6-5-10-8-17-13-4-2-1-3-12(10)13/h1-4,8,11,14,17H,5-7,9H2,(H,18,21)/t11-,14-/m0/s1. The van der Waals surface area contributed by atoms with Gasteiger partial charge in [-0.05, 0) is 24.5 Å². The third-order valence-electron chi connectivity index (χ3n) is 4.55. The van der Waals surface area contributed by atoms with Gasteiger partial charge in [0, 0.05) is 36.1 Å². The number of nitrogens with zero attached hydrogens (tertiary/aromatic N) is 1. The maximum Gasteiger partial charge on any atom is 0.243 e. The number of hydrogen-bond acceptors (Lipinski definition) is 2. The molecule has 4 rings (SSSR count). The van der Waals surface area contributed by atoms with Crippen LogP contribution in [0, 0.1) is 0 Å². The minimum Gasteiger partial charge on any atom is -0.361 e. The molecule has 5 heteroatoms. The molecule has 2 aromatic rings. The first-order valence-corrected chi connectivity index (χ1v) is 7.37.